The van der Waals surface area contributed by atoms with Crippen molar-refractivity contribution in [3.05, 3.63) is 78.3 Å². The van der Waals surface area contributed by atoms with E-state index in [1.807, 2.05) is 30.3 Å². The smallest absolute Gasteiger partial charge is 0.328 e. The van der Waals surface area contributed by atoms with Crippen LogP contribution in [-0.2, 0) is 16.1 Å². The van der Waals surface area contributed by atoms with Crippen LogP contribution in [0.4, 0.5) is 0 Å². The standard InChI is InChI=1S/C20H18N2O5/c23-19(18-7-6-17(27-18)15-8-10-21-11-9-15)22-16(20(24)25)13-26-12-14-4-2-1-3-5-14/h1-11,16H,12-13H2,(H,22,23)(H,24,25). The van der Waals surface area contributed by atoms with Crippen molar-refractivity contribution in [2.24, 2.45) is 0 Å². The van der Waals surface area contributed by atoms with Crippen LogP contribution in [0.15, 0.2) is 71.4 Å². The van der Waals surface area contributed by atoms with Crippen LogP contribution in [0.25, 0.3) is 11.3 Å². The maximum absolute atomic E-state index is 12.3. The molecule has 7 heteroatoms. The second kappa shape index (κ2) is 8.77. The van der Waals surface area contributed by atoms with Gasteiger partial charge < -0.3 is 19.6 Å². The van der Waals surface area contributed by atoms with Gasteiger partial charge in [-0.1, -0.05) is 30.3 Å². The van der Waals surface area contributed by atoms with Gasteiger partial charge in [-0.2, -0.15) is 0 Å². The number of carboxylic acids is 1. The van der Waals surface area contributed by atoms with Crippen LogP contribution in [0.5, 0.6) is 0 Å². The summed E-state index contributed by atoms with van der Waals surface area (Å²) in [7, 11) is 0. The third-order valence-electron chi connectivity index (χ3n) is 3.79. The van der Waals surface area contributed by atoms with E-state index in [0.29, 0.717) is 5.76 Å². The van der Waals surface area contributed by atoms with Gasteiger partial charge in [0.1, 0.15) is 5.76 Å². The van der Waals surface area contributed by atoms with Crippen molar-refractivity contribution >= 4 is 11.9 Å². The van der Waals surface area contributed by atoms with Crippen LogP contribution in [0.2, 0.25) is 0 Å². The molecule has 0 aliphatic heterocycles. The van der Waals surface area contributed by atoms with E-state index in [9.17, 15) is 14.7 Å². The fourth-order valence-corrected chi connectivity index (χ4v) is 2.40. The molecule has 3 rings (SSSR count). The topological polar surface area (TPSA) is 102 Å². The van der Waals surface area contributed by atoms with Crippen LogP contribution in [0.1, 0.15) is 16.1 Å². The van der Waals surface area contributed by atoms with Crippen LogP contribution < -0.4 is 5.32 Å². The summed E-state index contributed by atoms with van der Waals surface area (Å²) in [5, 5.41) is 11.7. The van der Waals surface area contributed by atoms with E-state index >= 15 is 0 Å². The Labute approximate surface area is 155 Å². The molecule has 27 heavy (non-hydrogen) atoms. The molecule has 1 unspecified atom stereocenters. The van der Waals surface area contributed by atoms with Gasteiger partial charge in [0.25, 0.3) is 5.91 Å². The number of carbonyl (C=O) groups excluding carboxylic acids is 1. The van der Waals surface area contributed by atoms with Crippen LogP contribution in [0.3, 0.4) is 0 Å². The summed E-state index contributed by atoms with van der Waals surface area (Å²) >= 11 is 0. The van der Waals surface area contributed by atoms with Crippen molar-refractivity contribution in [2.75, 3.05) is 6.61 Å². The van der Waals surface area contributed by atoms with Gasteiger partial charge in [0.05, 0.1) is 13.2 Å². The number of furan rings is 1. The first kappa shape index (κ1) is 18.3. The Morgan fingerprint density at radius 3 is 2.52 bits per heavy atom. The van der Waals surface area contributed by atoms with Gasteiger partial charge in [-0.25, -0.2) is 4.79 Å². The van der Waals surface area contributed by atoms with E-state index in [0.717, 1.165) is 11.1 Å². The molecule has 3 aromatic rings. The van der Waals surface area contributed by atoms with Gasteiger partial charge >= 0.3 is 5.97 Å². The maximum atomic E-state index is 12.3. The summed E-state index contributed by atoms with van der Waals surface area (Å²) in [6, 6.07) is 14.8. The summed E-state index contributed by atoms with van der Waals surface area (Å²) in [5.41, 5.74) is 1.69. The summed E-state index contributed by atoms with van der Waals surface area (Å²) in [5.74, 6) is -1.28. The maximum Gasteiger partial charge on any atom is 0.328 e. The van der Waals surface area contributed by atoms with E-state index in [-0.39, 0.29) is 19.0 Å². The van der Waals surface area contributed by atoms with E-state index < -0.39 is 17.9 Å². The van der Waals surface area contributed by atoms with Crippen molar-refractivity contribution in [3.63, 3.8) is 0 Å². The Morgan fingerprint density at radius 1 is 1.07 bits per heavy atom. The zero-order chi connectivity index (χ0) is 19.1. The molecule has 138 valence electrons. The number of amides is 1. The average Bonchev–Trinajstić information content (AvgIpc) is 3.19. The number of pyridine rings is 1. The third kappa shape index (κ3) is 5.02. The van der Waals surface area contributed by atoms with Crippen molar-refractivity contribution in [1.82, 2.24) is 10.3 Å². The number of rotatable bonds is 8. The minimum absolute atomic E-state index is 0.0242. The molecule has 1 atom stereocenters. The third-order valence-corrected chi connectivity index (χ3v) is 3.79. The molecule has 0 aliphatic rings. The number of benzene rings is 1. The Bertz CT molecular complexity index is 893. The minimum Gasteiger partial charge on any atom is -0.480 e. The summed E-state index contributed by atoms with van der Waals surface area (Å²) in [4.78, 5) is 27.6. The molecule has 7 nitrogen and oxygen atoms in total. The molecule has 2 N–H and O–H groups in total. The molecule has 1 amide bonds. The molecule has 0 saturated heterocycles. The second-order valence-corrected chi connectivity index (χ2v) is 5.76. The number of aliphatic carboxylic acids is 1. The van der Waals surface area contributed by atoms with Crippen LogP contribution in [0, 0.1) is 0 Å². The molecule has 0 fully saturated rings. The van der Waals surface area contributed by atoms with Crippen molar-refractivity contribution in [1.29, 1.82) is 0 Å². The van der Waals surface area contributed by atoms with Gasteiger partial charge in [-0.05, 0) is 29.8 Å². The highest BCUT2D eigenvalue weighted by Gasteiger charge is 2.23. The quantitative estimate of drug-likeness (QED) is 0.636. The largest absolute Gasteiger partial charge is 0.480 e. The molecule has 0 bridgehead atoms. The summed E-state index contributed by atoms with van der Waals surface area (Å²) in [6.07, 6.45) is 3.23. The lowest BCUT2D eigenvalue weighted by Gasteiger charge is -2.14. The number of aromatic nitrogens is 1. The highest BCUT2D eigenvalue weighted by molar-refractivity contribution is 5.94. The fourth-order valence-electron chi connectivity index (χ4n) is 2.40. The zero-order valence-electron chi connectivity index (χ0n) is 14.4. The number of hydrogen-bond acceptors (Lipinski definition) is 5. The average molecular weight is 366 g/mol. The molecule has 2 aromatic heterocycles. The fraction of sp³-hybridized carbons (Fsp3) is 0.150. The first-order valence-electron chi connectivity index (χ1n) is 8.29. The normalized spacial score (nSPS) is 11.7. The number of nitrogens with zero attached hydrogens (tertiary/aromatic N) is 1. The monoisotopic (exact) mass is 366 g/mol. The van der Waals surface area contributed by atoms with E-state index in [1.165, 1.54) is 6.07 Å². The van der Waals surface area contributed by atoms with E-state index in [2.05, 4.69) is 10.3 Å². The first-order valence-corrected chi connectivity index (χ1v) is 8.29. The predicted molar refractivity (Wildman–Crippen MR) is 96.9 cm³/mol. The van der Waals surface area contributed by atoms with Crippen molar-refractivity contribution < 1.29 is 23.8 Å². The summed E-state index contributed by atoms with van der Waals surface area (Å²) in [6.45, 7) is 0.0985. The van der Waals surface area contributed by atoms with Crippen molar-refractivity contribution in [2.45, 2.75) is 12.6 Å². The Kier molecular flexibility index (Phi) is 5.96. The highest BCUT2D eigenvalue weighted by Crippen LogP contribution is 2.21. The number of ether oxygens (including phenoxy) is 1. The van der Waals surface area contributed by atoms with Crippen LogP contribution in [-0.4, -0.2) is 34.6 Å². The molecule has 2 heterocycles. The van der Waals surface area contributed by atoms with Gasteiger partial charge in [0.15, 0.2) is 11.8 Å². The molecule has 1 aromatic carbocycles. The molecule has 0 spiro atoms. The van der Waals surface area contributed by atoms with Crippen LogP contribution >= 0.6 is 0 Å². The lowest BCUT2D eigenvalue weighted by atomic mass is 10.2. The Morgan fingerprint density at radius 2 is 1.81 bits per heavy atom. The van der Waals surface area contributed by atoms with Gasteiger partial charge in [-0.15, -0.1) is 0 Å². The summed E-state index contributed by atoms with van der Waals surface area (Å²) < 4.78 is 10.9. The number of nitrogens with one attached hydrogen (secondary N) is 1. The lowest BCUT2D eigenvalue weighted by Crippen LogP contribution is -2.43. The number of carboxylic acid groups (broad SMARTS) is 1. The molecule has 0 radical (unpaired) electrons. The molecule has 0 saturated carbocycles. The SMILES string of the molecule is O=C(NC(COCc1ccccc1)C(=O)O)c1ccc(-c2ccncc2)o1. The predicted octanol–water partition coefficient (Wildman–Crippen LogP) is 2.74. The van der Waals surface area contributed by atoms with E-state index in [4.69, 9.17) is 9.15 Å². The first-order chi connectivity index (χ1) is 13.1. The number of hydrogen-bond donors (Lipinski definition) is 2. The molecular weight excluding hydrogens is 348 g/mol. The molecular formula is C20H18N2O5. The van der Waals surface area contributed by atoms with Gasteiger partial charge in [0.2, 0.25) is 0 Å². The van der Waals surface area contributed by atoms with Gasteiger partial charge in [0, 0.05) is 18.0 Å². The van der Waals surface area contributed by atoms with Gasteiger partial charge in [-0.3, -0.25) is 9.78 Å². The minimum atomic E-state index is -1.18. The van der Waals surface area contributed by atoms with Crippen molar-refractivity contribution in [3.8, 4) is 11.3 Å². The second-order valence-electron chi connectivity index (χ2n) is 5.76. The Balaban J connectivity index is 1.58. The Hall–Kier alpha value is -3.45. The number of carbonyl (C=O) groups is 2. The molecule has 0 aliphatic carbocycles. The lowest BCUT2D eigenvalue weighted by molar-refractivity contribution is -0.141. The van der Waals surface area contributed by atoms with E-state index in [1.54, 1.807) is 30.6 Å². The highest BCUT2D eigenvalue weighted by atomic mass is 16.5. The zero-order valence-corrected chi connectivity index (χ0v) is 14.4.